The Morgan fingerprint density at radius 2 is 1.83 bits per heavy atom. The summed E-state index contributed by atoms with van der Waals surface area (Å²) >= 11 is 0. The summed E-state index contributed by atoms with van der Waals surface area (Å²) in [6.45, 7) is 1.94. The highest BCUT2D eigenvalue weighted by molar-refractivity contribution is 6.24. The van der Waals surface area contributed by atoms with E-state index in [9.17, 15) is 9.59 Å². The van der Waals surface area contributed by atoms with Crippen molar-refractivity contribution in [3.63, 3.8) is 0 Å². The van der Waals surface area contributed by atoms with E-state index < -0.39 is 0 Å². The van der Waals surface area contributed by atoms with Gasteiger partial charge in [0, 0.05) is 16.8 Å². The summed E-state index contributed by atoms with van der Waals surface area (Å²) in [4.78, 5) is 23.1. The van der Waals surface area contributed by atoms with Gasteiger partial charge in [-0.1, -0.05) is 18.2 Å². The van der Waals surface area contributed by atoms with Crippen molar-refractivity contribution in [3.8, 4) is 11.1 Å². The SMILES string of the molecule is Cc1cc(N)c2c(c1)-c1ccc(C=O)cc1C2=O. The van der Waals surface area contributed by atoms with Gasteiger partial charge in [-0.2, -0.15) is 0 Å². The molecule has 0 aliphatic heterocycles. The summed E-state index contributed by atoms with van der Waals surface area (Å²) in [6.07, 6.45) is 0.741. The number of aryl methyl sites for hydroxylation is 1. The van der Waals surface area contributed by atoms with Crippen LogP contribution in [0, 0.1) is 6.92 Å². The molecule has 0 saturated heterocycles. The molecule has 3 nitrogen and oxygen atoms in total. The second kappa shape index (κ2) is 3.53. The molecule has 0 amide bonds. The monoisotopic (exact) mass is 237 g/mol. The average molecular weight is 237 g/mol. The summed E-state index contributed by atoms with van der Waals surface area (Å²) in [7, 11) is 0. The summed E-state index contributed by atoms with van der Waals surface area (Å²) in [5.74, 6) is -0.0961. The Hall–Kier alpha value is -2.42. The van der Waals surface area contributed by atoms with Crippen LogP contribution in [0.5, 0.6) is 0 Å². The van der Waals surface area contributed by atoms with Gasteiger partial charge in [0.15, 0.2) is 5.78 Å². The Morgan fingerprint density at radius 3 is 2.56 bits per heavy atom. The molecule has 0 fully saturated rings. The minimum Gasteiger partial charge on any atom is -0.398 e. The molecule has 2 N–H and O–H groups in total. The van der Waals surface area contributed by atoms with Crippen LogP contribution >= 0.6 is 0 Å². The number of carbonyl (C=O) groups excluding carboxylic acids is 2. The molecule has 1 aliphatic carbocycles. The molecule has 0 heterocycles. The van der Waals surface area contributed by atoms with Crippen LogP contribution in [0.3, 0.4) is 0 Å². The molecule has 0 spiro atoms. The van der Waals surface area contributed by atoms with Gasteiger partial charge >= 0.3 is 0 Å². The van der Waals surface area contributed by atoms with Gasteiger partial charge in [0.2, 0.25) is 0 Å². The van der Waals surface area contributed by atoms with Crippen LogP contribution in [0.15, 0.2) is 30.3 Å². The number of hydrogen-bond donors (Lipinski definition) is 1. The molecule has 0 aromatic heterocycles. The smallest absolute Gasteiger partial charge is 0.196 e. The van der Waals surface area contributed by atoms with Crippen LogP contribution in [-0.2, 0) is 0 Å². The summed E-state index contributed by atoms with van der Waals surface area (Å²) in [5.41, 5.74) is 10.8. The highest BCUT2D eigenvalue weighted by atomic mass is 16.1. The number of carbonyl (C=O) groups is 2. The Morgan fingerprint density at radius 1 is 1.06 bits per heavy atom. The van der Waals surface area contributed by atoms with E-state index in [1.807, 2.05) is 19.1 Å². The topological polar surface area (TPSA) is 60.2 Å². The lowest BCUT2D eigenvalue weighted by Crippen LogP contribution is -2.01. The summed E-state index contributed by atoms with van der Waals surface area (Å²) in [6, 6.07) is 8.90. The van der Waals surface area contributed by atoms with Gasteiger partial charge in [-0.15, -0.1) is 0 Å². The lowest BCUT2D eigenvalue weighted by Gasteiger charge is -2.04. The molecule has 0 atom stereocenters. The van der Waals surface area contributed by atoms with Crippen molar-refractivity contribution in [2.75, 3.05) is 5.73 Å². The largest absolute Gasteiger partial charge is 0.398 e. The number of benzene rings is 2. The molecule has 0 saturated carbocycles. The van der Waals surface area contributed by atoms with E-state index in [0.717, 1.165) is 23.0 Å². The predicted octanol–water partition coefficient (Wildman–Crippen LogP) is 2.60. The van der Waals surface area contributed by atoms with Crippen molar-refractivity contribution >= 4 is 17.8 Å². The van der Waals surface area contributed by atoms with Crippen molar-refractivity contribution < 1.29 is 9.59 Å². The molecule has 2 aromatic rings. The lowest BCUT2D eigenvalue weighted by molar-refractivity contribution is 0.104. The first-order valence-corrected chi connectivity index (χ1v) is 5.66. The molecule has 88 valence electrons. The number of aldehydes is 1. The third-order valence-electron chi connectivity index (χ3n) is 3.25. The maximum atomic E-state index is 12.3. The Kier molecular flexibility index (Phi) is 2.10. The highest BCUT2D eigenvalue weighted by Gasteiger charge is 2.28. The molecule has 0 unspecified atom stereocenters. The zero-order valence-electron chi connectivity index (χ0n) is 9.86. The molecule has 3 heteroatoms. The second-order valence-corrected chi connectivity index (χ2v) is 4.53. The van der Waals surface area contributed by atoms with Gasteiger partial charge in [0.1, 0.15) is 6.29 Å². The summed E-state index contributed by atoms with van der Waals surface area (Å²) < 4.78 is 0. The van der Waals surface area contributed by atoms with E-state index in [1.54, 1.807) is 18.2 Å². The molecule has 2 aromatic carbocycles. The Balaban J connectivity index is 2.35. The normalized spacial score (nSPS) is 12.2. The first-order valence-electron chi connectivity index (χ1n) is 5.66. The van der Waals surface area contributed by atoms with Gasteiger partial charge < -0.3 is 5.73 Å². The first-order chi connectivity index (χ1) is 8.61. The van der Waals surface area contributed by atoms with E-state index in [-0.39, 0.29) is 5.78 Å². The van der Waals surface area contributed by atoms with E-state index in [2.05, 4.69) is 0 Å². The van der Waals surface area contributed by atoms with Gasteiger partial charge in [-0.25, -0.2) is 0 Å². The fraction of sp³-hybridized carbons (Fsp3) is 0.0667. The van der Waals surface area contributed by atoms with Gasteiger partial charge in [-0.3, -0.25) is 9.59 Å². The predicted molar refractivity (Wildman–Crippen MR) is 69.8 cm³/mol. The van der Waals surface area contributed by atoms with Crippen LogP contribution in [0.4, 0.5) is 5.69 Å². The number of hydrogen-bond acceptors (Lipinski definition) is 3. The van der Waals surface area contributed by atoms with Gasteiger partial charge in [-0.05, 0) is 35.7 Å². The van der Waals surface area contributed by atoms with E-state index in [1.165, 1.54) is 0 Å². The zero-order valence-corrected chi connectivity index (χ0v) is 9.86. The van der Waals surface area contributed by atoms with E-state index in [4.69, 9.17) is 5.73 Å². The number of anilines is 1. The van der Waals surface area contributed by atoms with Gasteiger partial charge in [0.25, 0.3) is 0 Å². The number of ketones is 1. The molecule has 1 aliphatic rings. The fourth-order valence-corrected chi connectivity index (χ4v) is 2.47. The average Bonchev–Trinajstić information content (AvgIpc) is 2.62. The van der Waals surface area contributed by atoms with Crippen LogP contribution in [0.25, 0.3) is 11.1 Å². The zero-order chi connectivity index (χ0) is 12.9. The molecule has 0 bridgehead atoms. The second-order valence-electron chi connectivity index (χ2n) is 4.53. The maximum Gasteiger partial charge on any atom is 0.196 e. The van der Waals surface area contributed by atoms with Crippen molar-refractivity contribution in [2.24, 2.45) is 0 Å². The molecular formula is C15H11NO2. The highest BCUT2D eigenvalue weighted by Crippen LogP contribution is 2.40. The fourth-order valence-electron chi connectivity index (χ4n) is 2.47. The van der Waals surface area contributed by atoms with Gasteiger partial charge in [0.05, 0.1) is 5.56 Å². The number of nitrogen functional groups attached to an aromatic ring is 1. The van der Waals surface area contributed by atoms with Crippen LogP contribution in [0.2, 0.25) is 0 Å². The van der Waals surface area contributed by atoms with E-state index >= 15 is 0 Å². The quantitative estimate of drug-likeness (QED) is 0.522. The minimum absolute atomic E-state index is 0.0961. The third-order valence-corrected chi connectivity index (χ3v) is 3.25. The standard InChI is InChI=1S/C15H11NO2/c1-8-4-11-10-3-2-9(7-17)6-12(10)15(18)14(11)13(16)5-8/h2-7H,16H2,1H3. The summed E-state index contributed by atoms with van der Waals surface area (Å²) in [5, 5.41) is 0. The van der Waals surface area contributed by atoms with Crippen molar-refractivity contribution in [3.05, 3.63) is 52.6 Å². The van der Waals surface area contributed by atoms with Crippen LogP contribution in [0.1, 0.15) is 31.8 Å². The van der Waals surface area contributed by atoms with Crippen molar-refractivity contribution in [1.29, 1.82) is 0 Å². The minimum atomic E-state index is -0.0961. The lowest BCUT2D eigenvalue weighted by atomic mass is 10.0. The molecule has 0 radical (unpaired) electrons. The number of nitrogens with two attached hydrogens (primary N) is 1. The number of rotatable bonds is 1. The van der Waals surface area contributed by atoms with Crippen LogP contribution in [-0.4, -0.2) is 12.1 Å². The first kappa shape index (κ1) is 10.7. The van der Waals surface area contributed by atoms with Crippen molar-refractivity contribution in [2.45, 2.75) is 6.92 Å². The van der Waals surface area contributed by atoms with Crippen molar-refractivity contribution in [1.82, 2.24) is 0 Å². The number of fused-ring (bicyclic) bond motifs is 3. The third kappa shape index (κ3) is 1.31. The molecule has 18 heavy (non-hydrogen) atoms. The molecule has 3 rings (SSSR count). The Bertz CT molecular complexity index is 702. The maximum absolute atomic E-state index is 12.3. The van der Waals surface area contributed by atoms with E-state index in [0.29, 0.717) is 22.4 Å². The van der Waals surface area contributed by atoms with Crippen LogP contribution < -0.4 is 5.73 Å². The molecular weight excluding hydrogens is 226 g/mol. The Labute approximate surface area is 104 Å².